The summed E-state index contributed by atoms with van der Waals surface area (Å²) < 4.78 is 5.43. The van der Waals surface area contributed by atoms with Crippen LogP contribution >= 0.6 is 0 Å². The Labute approximate surface area is 97.6 Å². The molecule has 0 aromatic rings. The van der Waals surface area contributed by atoms with Gasteiger partial charge in [-0.15, -0.1) is 0 Å². The number of ether oxygens (including phenoxy) is 1. The van der Waals surface area contributed by atoms with Gasteiger partial charge in [-0.05, 0) is 33.6 Å². The summed E-state index contributed by atoms with van der Waals surface area (Å²) in [5, 5.41) is 9.34. The molecule has 1 aliphatic carbocycles. The van der Waals surface area contributed by atoms with Crippen molar-refractivity contribution in [2.45, 2.75) is 64.1 Å². The first-order chi connectivity index (χ1) is 7.38. The SMILES string of the molecule is CO[C@@H]1CCCC[C@@H]1N(C(=O)O)C(C)(C)C. The van der Waals surface area contributed by atoms with Crippen molar-refractivity contribution < 1.29 is 14.6 Å². The zero-order valence-corrected chi connectivity index (χ0v) is 10.7. The molecule has 0 bridgehead atoms. The third kappa shape index (κ3) is 2.88. The van der Waals surface area contributed by atoms with E-state index in [0.29, 0.717) is 0 Å². The Kier molecular flexibility index (Phi) is 4.19. The molecule has 0 unspecified atom stereocenters. The summed E-state index contributed by atoms with van der Waals surface area (Å²) in [4.78, 5) is 12.9. The van der Waals surface area contributed by atoms with Crippen LogP contribution in [0.2, 0.25) is 0 Å². The van der Waals surface area contributed by atoms with Gasteiger partial charge in [0.2, 0.25) is 0 Å². The molecule has 1 N–H and O–H groups in total. The Morgan fingerprint density at radius 2 is 1.88 bits per heavy atom. The number of carboxylic acid groups (broad SMARTS) is 1. The number of hydrogen-bond acceptors (Lipinski definition) is 2. The lowest BCUT2D eigenvalue weighted by atomic mass is 9.88. The Morgan fingerprint density at radius 3 is 2.31 bits per heavy atom. The minimum Gasteiger partial charge on any atom is -0.465 e. The number of hydrogen-bond donors (Lipinski definition) is 1. The third-order valence-electron chi connectivity index (χ3n) is 3.23. The second-order valence-electron chi connectivity index (χ2n) is 5.45. The second kappa shape index (κ2) is 5.04. The van der Waals surface area contributed by atoms with E-state index >= 15 is 0 Å². The van der Waals surface area contributed by atoms with E-state index in [1.165, 1.54) is 0 Å². The summed E-state index contributed by atoms with van der Waals surface area (Å²) >= 11 is 0. The van der Waals surface area contributed by atoms with Crippen LogP contribution in [0, 0.1) is 0 Å². The molecule has 0 spiro atoms. The number of carbonyl (C=O) groups is 1. The molecule has 0 saturated heterocycles. The van der Waals surface area contributed by atoms with E-state index in [1.807, 2.05) is 20.8 Å². The van der Waals surface area contributed by atoms with Crippen molar-refractivity contribution in [1.29, 1.82) is 0 Å². The van der Waals surface area contributed by atoms with Gasteiger partial charge in [0.05, 0.1) is 12.1 Å². The fourth-order valence-electron chi connectivity index (χ4n) is 2.57. The number of methoxy groups -OCH3 is 1. The van der Waals surface area contributed by atoms with Crippen LogP contribution in [0.25, 0.3) is 0 Å². The average Bonchev–Trinajstić information content (AvgIpc) is 2.15. The topological polar surface area (TPSA) is 49.8 Å². The van der Waals surface area contributed by atoms with Gasteiger partial charge in [0.1, 0.15) is 0 Å². The van der Waals surface area contributed by atoms with Gasteiger partial charge in [0, 0.05) is 12.6 Å². The lowest BCUT2D eigenvalue weighted by Gasteiger charge is -2.44. The Morgan fingerprint density at radius 1 is 1.31 bits per heavy atom. The van der Waals surface area contributed by atoms with Crippen molar-refractivity contribution >= 4 is 6.09 Å². The van der Waals surface area contributed by atoms with Gasteiger partial charge in [-0.3, -0.25) is 4.90 Å². The monoisotopic (exact) mass is 229 g/mol. The van der Waals surface area contributed by atoms with Crippen LogP contribution in [0.1, 0.15) is 46.5 Å². The fourth-order valence-corrected chi connectivity index (χ4v) is 2.57. The van der Waals surface area contributed by atoms with Crippen LogP contribution in [0.3, 0.4) is 0 Å². The minimum atomic E-state index is -0.846. The zero-order chi connectivity index (χ0) is 12.3. The van der Waals surface area contributed by atoms with Crippen LogP contribution < -0.4 is 0 Å². The lowest BCUT2D eigenvalue weighted by Crippen LogP contribution is -2.56. The van der Waals surface area contributed by atoms with Crippen molar-refractivity contribution in [3.8, 4) is 0 Å². The molecule has 94 valence electrons. The molecule has 1 fully saturated rings. The first-order valence-electron chi connectivity index (χ1n) is 5.93. The quantitative estimate of drug-likeness (QED) is 0.792. The normalized spacial score (nSPS) is 26.5. The van der Waals surface area contributed by atoms with E-state index in [1.54, 1.807) is 12.0 Å². The van der Waals surface area contributed by atoms with Gasteiger partial charge in [-0.25, -0.2) is 4.79 Å². The summed E-state index contributed by atoms with van der Waals surface area (Å²) in [5.74, 6) is 0. The van der Waals surface area contributed by atoms with Gasteiger partial charge >= 0.3 is 6.09 Å². The highest BCUT2D eigenvalue weighted by Gasteiger charge is 2.38. The molecule has 0 radical (unpaired) electrons. The molecule has 1 rings (SSSR count). The maximum atomic E-state index is 11.4. The van der Waals surface area contributed by atoms with E-state index in [2.05, 4.69) is 0 Å². The molecule has 4 nitrogen and oxygen atoms in total. The lowest BCUT2D eigenvalue weighted by molar-refractivity contribution is -0.0330. The summed E-state index contributed by atoms with van der Waals surface area (Å²) in [7, 11) is 1.67. The first kappa shape index (κ1) is 13.3. The number of nitrogens with zero attached hydrogens (tertiary/aromatic N) is 1. The Hall–Kier alpha value is -0.770. The molecular formula is C12H23NO3. The highest BCUT2D eigenvalue weighted by Crippen LogP contribution is 2.30. The molecule has 1 saturated carbocycles. The Bertz CT molecular complexity index is 247. The second-order valence-corrected chi connectivity index (χ2v) is 5.45. The highest BCUT2D eigenvalue weighted by molar-refractivity contribution is 5.66. The van der Waals surface area contributed by atoms with Crippen LogP contribution in [-0.2, 0) is 4.74 Å². The largest absolute Gasteiger partial charge is 0.465 e. The van der Waals surface area contributed by atoms with Crippen molar-refractivity contribution in [2.75, 3.05) is 7.11 Å². The van der Waals surface area contributed by atoms with Crippen LogP contribution in [0.4, 0.5) is 4.79 Å². The average molecular weight is 229 g/mol. The smallest absolute Gasteiger partial charge is 0.408 e. The summed E-state index contributed by atoms with van der Waals surface area (Å²) in [6.45, 7) is 5.80. The highest BCUT2D eigenvalue weighted by atomic mass is 16.5. The van der Waals surface area contributed by atoms with Gasteiger partial charge in [0.15, 0.2) is 0 Å². The molecule has 1 amide bonds. The molecule has 1 aliphatic rings. The first-order valence-corrected chi connectivity index (χ1v) is 5.93. The molecule has 2 atom stereocenters. The molecule has 4 heteroatoms. The Balaban J connectivity index is 2.87. The molecule has 0 aromatic carbocycles. The van der Waals surface area contributed by atoms with Crippen molar-refractivity contribution in [3.63, 3.8) is 0 Å². The minimum absolute atomic E-state index is 0.00347. The standard InChI is InChI=1S/C12H23NO3/c1-12(2,3)13(11(14)15)9-7-5-6-8-10(9)16-4/h9-10H,5-8H2,1-4H3,(H,14,15)/t9-,10+/m0/s1. The van der Waals surface area contributed by atoms with Crippen molar-refractivity contribution in [3.05, 3.63) is 0 Å². The van der Waals surface area contributed by atoms with Gasteiger partial charge in [-0.1, -0.05) is 12.8 Å². The molecule has 0 aromatic heterocycles. The van der Waals surface area contributed by atoms with Gasteiger partial charge < -0.3 is 9.84 Å². The van der Waals surface area contributed by atoms with Crippen LogP contribution in [0.15, 0.2) is 0 Å². The molecular weight excluding hydrogens is 206 g/mol. The van der Waals surface area contributed by atoms with Gasteiger partial charge in [0.25, 0.3) is 0 Å². The summed E-state index contributed by atoms with van der Waals surface area (Å²) in [6, 6.07) is -0.00347. The number of amides is 1. The van der Waals surface area contributed by atoms with Crippen LogP contribution in [-0.4, -0.2) is 40.9 Å². The van der Waals surface area contributed by atoms with E-state index in [-0.39, 0.29) is 17.7 Å². The molecule has 0 heterocycles. The van der Waals surface area contributed by atoms with E-state index in [4.69, 9.17) is 4.74 Å². The van der Waals surface area contributed by atoms with Crippen molar-refractivity contribution in [1.82, 2.24) is 4.90 Å². The van der Waals surface area contributed by atoms with Crippen LogP contribution in [0.5, 0.6) is 0 Å². The fraction of sp³-hybridized carbons (Fsp3) is 0.917. The predicted octanol–water partition coefficient (Wildman–Crippen LogP) is 2.72. The van der Waals surface area contributed by atoms with E-state index in [9.17, 15) is 9.90 Å². The zero-order valence-electron chi connectivity index (χ0n) is 10.7. The van der Waals surface area contributed by atoms with Gasteiger partial charge in [-0.2, -0.15) is 0 Å². The van der Waals surface area contributed by atoms with E-state index in [0.717, 1.165) is 25.7 Å². The molecule has 0 aliphatic heterocycles. The molecule has 16 heavy (non-hydrogen) atoms. The number of rotatable bonds is 2. The predicted molar refractivity (Wildman–Crippen MR) is 62.7 cm³/mol. The summed E-state index contributed by atoms with van der Waals surface area (Å²) in [6.07, 6.45) is 3.28. The summed E-state index contributed by atoms with van der Waals surface area (Å²) in [5.41, 5.74) is -0.370. The van der Waals surface area contributed by atoms with E-state index < -0.39 is 6.09 Å². The third-order valence-corrected chi connectivity index (χ3v) is 3.23. The van der Waals surface area contributed by atoms with Crippen molar-refractivity contribution in [2.24, 2.45) is 0 Å². The maximum Gasteiger partial charge on any atom is 0.408 e. The maximum absolute atomic E-state index is 11.4.